The minimum absolute atomic E-state index is 0.00967. The molecule has 118 heavy (non-hydrogen) atoms. The lowest BCUT2D eigenvalue weighted by molar-refractivity contribution is 0.368. The van der Waals surface area contributed by atoms with Crippen LogP contribution in [0.3, 0.4) is 0 Å². The monoisotopic (exact) mass is 1570 g/mol. The van der Waals surface area contributed by atoms with E-state index < -0.39 is 0 Å². The van der Waals surface area contributed by atoms with E-state index in [0.717, 1.165) is 164 Å². The molecule has 0 saturated heterocycles. The largest absolute Gasteiger partial charge is 0.496 e. The standard InChI is InChI=1S/C38H37N3O2.C33H35N3O3.C30H29N3O3/c1-25-17-26(2)36(27(3)18-25)34-22-30(33(23-39)40-6)21-31(43-34)14-13-29-19-32-37(35(20-29)42-7)41(16-15-38(32,4)5)24-28-11-9-8-10-12-28;1-20-14-21(2)29(22(3)15-20)27-18-24(26(19-34)35-6)16-25(39-27)11-10-23-17-28(37-8)31-30(32(23)38-9)33(4,5)12-13-36(31)7;1-30(2)14-15-33(4)28-26(34-5)17-21(29(35-6)27(28)30)12-13-23-16-22(24(19-31)32-3)18-25(36-23)20-10-8-7-9-11-20/h8-14,17-22H,15-16,24H2,1-5,7H3;10-11,14-18H,12-13H2,1-5,7-9H3;7-13,16-18H,14-15H2,1-2,4-6H3/b14-13+,33-30-;11-10+,26-24-;13-12+,24-22-. The Labute approximate surface area is 696 Å². The fraction of sp³-hybridized carbons (Fsp3) is 0.287. The first kappa shape index (κ1) is 85.1. The summed E-state index contributed by atoms with van der Waals surface area (Å²) in [5, 5.41) is 28.7. The molecule has 0 bridgehead atoms. The Morgan fingerprint density at radius 3 is 1.20 bits per heavy atom. The number of anilines is 3. The Hall–Kier alpha value is -13.8. The van der Waals surface area contributed by atoms with E-state index in [1.54, 1.807) is 72.0 Å². The molecular formula is C101H101N9O8. The molecule has 0 unspecified atom stereocenters. The summed E-state index contributed by atoms with van der Waals surface area (Å²) in [6.07, 6.45) is 25.0. The lowest BCUT2D eigenvalue weighted by Gasteiger charge is -2.41. The second kappa shape index (κ2) is 36.3. The lowest BCUT2D eigenvalue weighted by atomic mass is 9.76. The number of nitrogens with zero attached hydrogens (tertiary/aromatic N) is 9. The fourth-order valence-corrected chi connectivity index (χ4v) is 16.4. The van der Waals surface area contributed by atoms with Crippen LogP contribution in [0.4, 0.5) is 17.1 Å². The van der Waals surface area contributed by atoms with Gasteiger partial charge in [0.2, 0.25) is 0 Å². The van der Waals surface area contributed by atoms with Gasteiger partial charge in [-0.3, -0.25) is 0 Å². The second-order valence-electron chi connectivity index (χ2n) is 32.1. The first-order chi connectivity index (χ1) is 56.5. The van der Waals surface area contributed by atoms with Crippen molar-refractivity contribution in [3.8, 4) is 47.0 Å². The van der Waals surface area contributed by atoms with Crippen LogP contribution in [0.1, 0.15) is 150 Å². The Morgan fingerprint density at radius 2 is 0.814 bits per heavy atom. The summed E-state index contributed by atoms with van der Waals surface area (Å²) in [7, 11) is 12.6. The average molecular weight is 1570 g/mol. The molecule has 0 saturated carbocycles. The maximum Gasteiger partial charge on any atom is 0.269 e. The highest BCUT2D eigenvalue weighted by Gasteiger charge is 2.39. The van der Waals surface area contributed by atoms with Crippen molar-refractivity contribution in [1.29, 1.82) is 15.8 Å². The Bertz CT molecular complexity index is 5730. The van der Waals surface area contributed by atoms with Crippen LogP contribution < -0.4 is 38.4 Å². The fourth-order valence-electron chi connectivity index (χ4n) is 16.4. The molecule has 0 fully saturated rings. The molecule has 17 heteroatoms. The van der Waals surface area contributed by atoms with E-state index in [4.69, 9.17) is 57.6 Å². The predicted octanol–water partition coefficient (Wildman–Crippen LogP) is 22.9. The summed E-state index contributed by atoms with van der Waals surface area (Å²) in [5.41, 5.74) is 21.5. The van der Waals surface area contributed by atoms with Gasteiger partial charge in [-0.2, -0.15) is 0 Å². The van der Waals surface area contributed by atoms with Crippen LogP contribution in [0.25, 0.3) is 50.0 Å². The van der Waals surface area contributed by atoms with E-state index >= 15 is 0 Å². The maximum atomic E-state index is 9.65. The number of fused-ring (bicyclic) bond motifs is 3. The number of hydrogen-bond acceptors (Lipinski definition) is 14. The highest BCUT2D eigenvalue weighted by atomic mass is 16.5. The number of hydrogen-bond donors (Lipinski definition) is 0. The van der Waals surface area contributed by atoms with Gasteiger partial charge in [0.05, 0.1) is 90.5 Å². The topological polar surface area (TPSA) is 168 Å². The first-order valence-electron chi connectivity index (χ1n) is 39.2. The molecule has 6 aliphatic heterocycles. The molecule has 6 aliphatic rings. The van der Waals surface area contributed by atoms with E-state index in [1.165, 1.54) is 16.7 Å². The Morgan fingerprint density at radius 1 is 0.441 bits per heavy atom. The molecule has 0 spiro atoms. The molecule has 0 amide bonds. The van der Waals surface area contributed by atoms with E-state index in [0.29, 0.717) is 51.3 Å². The predicted molar refractivity (Wildman–Crippen MR) is 473 cm³/mol. The van der Waals surface area contributed by atoms with E-state index in [9.17, 15) is 15.8 Å². The van der Waals surface area contributed by atoms with Crippen LogP contribution in [0.2, 0.25) is 0 Å². The number of benzene rings is 7. The Balaban J connectivity index is 0.000000174. The van der Waals surface area contributed by atoms with Crippen molar-refractivity contribution in [2.45, 2.75) is 125 Å². The van der Waals surface area contributed by atoms with Gasteiger partial charge in [0.25, 0.3) is 17.1 Å². The smallest absolute Gasteiger partial charge is 0.269 e. The molecule has 7 aromatic carbocycles. The lowest BCUT2D eigenvalue weighted by Crippen LogP contribution is -2.37. The molecule has 598 valence electrons. The summed E-state index contributed by atoms with van der Waals surface area (Å²) in [6, 6.07) is 42.9. The highest BCUT2D eigenvalue weighted by Crippen LogP contribution is 2.54. The number of methoxy groups -OCH3 is 5. The summed E-state index contributed by atoms with van der Waals surface area (Å²) in [4.78, 5) is 17.2. The third-order valence-electron chi connectivity index (χ3n) is 22.3. The summed E-state index contributed by atoms with van der Waals surface area (Å²) in [6.45, 7) is 51.9. The minimum atomic E-state index is -0.103. The minimum Gasteiger partial charge on any atom is -0.496 e. The third-order valence-corrected chi connectivity index (χ3v) is 22.3. The summed E-state index contributed by atoms with van der Waals surface area (Å²) >= 11 is 0. The van der Waals surface area contributed by atoms with E-state index in [-0.39, 0.29) is 33.3 Å². The van der Waals surface area contributed by atoms with Crippen LogP contribution >= 0.6 is 0 Å². The second-order valence-corrected chi connectivity index (χ2v) is 32.1. The zero-order valence-electron chi connectivity index (χ0n) is 71.1. The van der Waals surface area contributed by atoms with Crippen LogP contribution in [0.15, 0.2) is 215 Å². The van der Waals surface area contributed by atoms with E-state index in [1.807, 2.05) is 117 Å². The van der Waals surface area contributed by atoms with Crippen LogP contribution in [-0.4, -0.2) is 69.3 Å². The quantitative estimate of drug-likeness (QED) is 0.0662. The van der Waals surface area contributed by atoms with Gasteiger partial charge in [-0.05, 0) is 224 Å². The molecule has 0 radical (unpaired) electrons. The first-order valence-corrected chi connectivity index (χ1v) is 39.2. The van der Waals surface area contributed by atoms with Gasteiger partial charge in [-0.15, -0.1) is 0 Å². The third kappa shape index (κ3) is 18.3. The van der Waals surface area contributed by atoms with Crippen molar-refractivity contribution >= 4 is 52.6 Å². The number of nitriles is 3. The van der Waals surface area contributed by atoms with Gasteiger partial charge in [0.15, 0.2) is 0 Å². The van der Waals surface area contributed by atoms with E-state index in [2.05, 4.69) is 173 Å². The Kier molecular flexibility index (Phi) is 26.2. The molecule has 7 aromatic rings. The van der Waals surface area contributed by atoms with Crippen molar-refractivity contribution < 1.29 is 37.9 Å². The van der Waals surface area contributed by atoms with Gasteiger partial charge < -0.3 is 52.6 Å². The van der Waals surface area contributed by atoms with Gasteiger partial charge in [-0.1, -0.05) is 144 Å². The zero-order valence-corrected chi connectivity index (χ0v) is 71.1. The number of ether oxygens (including phenoxy) is 8. The van der Waals surface area contributed by atoms with Gasteiger partial charge in [-0.25, -0.2) is 30.3 Å². The SMILES string of the molecule is [C-]#[N+]/C(C#N)=C1C=C(/C=C/c2cc(OC)c3c(c2)C(C)(C)CCN3Cc2ccccc2)OC(c2c(C)cc(C)cc2C)=C/1.[C-]#[N+]/C(C#N)=C1C=C(/C=C/c2cc(OC)c3c(c2OC)C(C)(C)CCN3C)OC(c2c(C)cc(C)cc2C)=C/1.[C-]#[N+]/C(C#N)=C1C=C(/C=C/c2cc(OC)c3c(c2OC)C(C)(C)CCN3C)OC(c2ccccc2)=C/1. The van der Waals surface area contributed by atoms with Crippen molar-refractivity contribution in [3.05, 3.63) is 338 Å². The molecular weight excluding hydrogens is 1470 g/mol. The van der Waals surface area contributed by atoms with Gasteiger partial charge >= 0.3 is 0 Å². The zero-order chi connectivity index (χ0) is 85.1. The van der Waals surface area contributed by atoms with Crippen molar-refractivity contribution in [3.63, 3.8) is 0 Å². The summed E-state index contributed by atoms with van der Waals surface area (Å²) < 4.78 is 48.5. The molecule has 17 nitrogen and oxygen atoms in total. The number of rotatable bonds is 16. The molecule has 0 atom stereocenters. The molecule has 0 aromatic heterocycles. The van der Waals surface area contributed by atoms with Crippen LogP contribution in [0, 0.1) is 95.3 Å². The highest BCUT2D eigenvalue weighted by molar-refractivity contribution is 5.82. The summed E-state index contributed by atoms with van der Waals surface area (Å²) in [5.74, 6) is 7.40. The normalized spacial score (nSPS) is 17.2. The van der Waals surface area contributed by atoms with Crippen molar-refractivity contribution in [2.75, 3.05) is 84.0 Å². The van der Waals surface area contributed by atoms with Gasteiger partial charge in [0, 0.05) is 79.2 Å². The number of allylic oxidation sites excluding steroid dienone is 15. The van der Waals surface area contributed by atoms with Gasteiger partial charge in [0.1, 0.15) is 63.3 Å². The molecule has 0 aliphatic carbocycles. The molecule has 6 heterocycles. The maximum absolute atomic E-state index is 9.65. The van der Waals surface area contributed by atoms with Crippen molar-refractivity contribution in [2.24, 2.45) is 0 Å². The molecule has 13 rings (SSSR count). The van der Waals surface area contributed by atoms with Crippen LogP contribution in [-0.2, 0) is 37.0 Å². The number of aryl methyl sites for hydroxylation is 6. The van der Waals surface area contributed by atoms with Crippen molar-refractivity contribution in [1.82, 2.24) is 0 Å². The van der Waals surface area contributed by atoms with Crippen LogP contribution in [0.5, 0.6) is 28.7 Å². The molecule has 0 N–H and O–H groups in total. The average Bonchev–Trinajstić information content (AvgIpc) is 0.750.